The second kappa shape index (κ2) is 18.1. The Bertz CT molecular complexity index is 105. The van der Waals surface area contributed by atoms with Gasteiger partial charge in [-0.05, 0) is 7.92 Å². The van der Waals surface area contributed by atoms with Gasteiger partial charge < -0.3 is 6.42 Å². The molecule has 0 atom stereocenters. The van der Waals surface area contributed by atoms with Crippen molar-refractivity contribution in [3.63, 3.8) is 0 Å². The van der Waals surface area contributed by atoms with Gasteiger partial charge in [-0.2, -0.15) is 32.0 Å². The molecule has 82 valence electrons. The van der Waals surface area contributed by atoms with E-state index in [-0.39, 0.29) is 24.4 Å². The van der Waals surface area contributed by atoms with Crippen LogP contribution in [0.5, 0.6) is 0 Å². The maximum Gasteiger partial charge on any atom is 0.0461 e. The summed E-state index contributed by atoms with van der Waals surface area (Å²) in [5, 5.41) is 0. The molecule has 13 heavy (non-hydrogen) atoms. The van der Waals surface area contributed by atoms with Crippen LogP contribution in [0.3, 0.4) is 0 Å². The standard InChI is InChI=1S/C5H5.C3H9P.C3H7.Ni/c1-2-4-5-3-1;1-4(2)3;1-3-2;/h1-5H;1-3H3;3H,1-2H3;/q-1;;-1;/p+1. The van der Waals surface area contributed by atoms with Crippen molar-refractivity contribution in [3.05, 3.63) is 36.8 Å². The molecular formula is C11H22NiP-. The van der Waals surface area contributed by atoms with Gasteiger partial charge >= 0.3 is 0 Å². The molecule has 0 aliphatic heterocycles. The van der Waals surface area contributed by atoms with Gasteiger partial charge in [0.05, 0.1) is 0 Å². The smallest absolute Gasteiger partial charge is 0.0461 e. The van der Waals surface area contributed by atoms with Gasteiger partial charge in [0.2, 0.25) is 0 Å². The third kappa shape index (κ3) is 46.6. The van der Waals surface area contributed by atoms with Gasteiger partial charge in [-0.25, -0.2) is 12.1 Å². The van der Waals surface area contributed by atoms with E-state index >= 15 is 0 Å². The predicted octanol–water partition coefficient (Wildman–Crippen LogP) is 3.72. The van der Waals surface area contributed by atoms with E-state index in [0.717, 1.165) is 0 Å². The van der Waals surface area contributed by atoms with E-state index in [1.54, 1.807) is 0 Å². The first-order valence-electron chi connectivity index (χ1n) is 4.32. The van der Waals surface area contributed by atoms with Gasteiger partial charge in [0.25, 0.3) is 0 Å². The average Bonchev–Trinajstić information content (AvgIpc) is 2.40. The second-order valence-electron chi connectivity index (χ2n) is 3.04. The van der Waals surface area contributed by atoms with E-state index in [1.807, 2.05) is 50.6 Å². The van der Waals surface area contributed by atoms with Gasteiger partial charge in [-0.3, -0.25) is 0 Å². The van der Waals surface area contributed by atoms with Crippen LogP contribution in [-0.4, -0.2) is 20.0 Å². The minimum atomic E-state index is 0. The summed E-state index contributed by atoms with van der Waals surface area (Å²) in [6.45, 7) is 10.8. The molecule has 0 fully saturated rings. The molecule has 0 unspecified atom stereocenters. The molecule has 2 heteroatoms. The third-order valence-corrected chi connectivity index (χ3v) is 0.556. The third-order valence-electron chi connectivity index (χ3n) is 0.556. The molecule has 0 spiro atoms. The zero-order valence-corrected chi connectivity index (χ0v) is 11.3. The Balaban J connectivity index is -0.000000116. The van der Waals surface area contributed by atoms with Gasteiger partial charge in [0.15, 0.2) is 0 Å². The van der Waals surface area contributed by atoms with Crippen molar-refractivity contribution in [2.45, 2.75) is 13.8 Å². The predicted molar refractivity (Wildman–Crippen MR) is 63.8 cm³/mol. The topological polar surface area (TPSA) is 0 Å². The molecule has 0 nitrogen and oxygen atoms in total. The summed E-state index contributed by atoms with van der Waals surface area (Å²) in [6, 6.07) is 10.0. The maximum absolute atomic E-state index is 2.27. The fourth-order valence-electron chi connectivity index (χ4n) is 0.321. The monoisotopic (exact) mass is 243 g/mol. The fraction of sp³-hybridized carbons (Fsp3) is 0.455. The van der Waals surface area contributed by atoms with E-state index in [9.17, 15) is 0 Å². The Morgan fingerprint density at radius 3 is 1.31 bits per heavy atom. The van der Waals surface area contributed by atoms with Crippen molar-refractivity contribution in [1.82, 2.24) is 0 Å². The van der Waals surface area contributed by atoms with Gasteiger partial charge in [0.1, 0.15) is 0 Å². The van der Waals surface area contributed by atoms with Crippen molar-refractivity contribution < 1.29 is 16.5 Å². The molecule has 0 aliphatic carbocycles. The number of hydrogen-bond acceptors (Lipinski definition) is 0. The van der Waals surface area contributed by atoms with Crippen molar-refractivity contribution in [3.8, 4) is 0 Å². The molecule has 0 aromatic heterocycles. The first kappa shape index (κ1) is 18.9. The molecule has 0 N–H and O–H groups in total. The molecule has 0 saturated heterocycles. The van der Waals surface area contributed by atoms with E-state index < -0.39 is 0 Å². The van der Waals surface area contributed by atoms with Crippen LogP contribution < -0.4 is 0 Å². The van der Waals surface area contributed by atoms with Gasteiger partial charge in [-0.1, -0.05) is 0 Å². The summed E-state index contributed by atoms with van der Waals surface area (Å²) in [6.07, 6.45) is 2.00. The Labute approximate surface area is 95.2 Å². The summed E-state index contributed by atoms with van der Waals surface area (Å²) < 4.78 is 0. The van der Waals surface area contributed by atoms with E-state index in [0.29, 0.717) is 0 Å². The van der Waals surface area contributed by atoms with E-state index in [1.165, 1.54) is 0 Å². The Morgan fingerprint density at radius 2 is 1.23 bits per heavy atom. The van der Waals surface area contributed by atoms with Crippen LogP contribution in [0.4, 0.5) is 0 Å². The van der Waals surface area contributed by atoms with Crippen LogP contribution >= 0.6 is 7.92 Å². The molecule has 0 aliphatic rings. The molecule has 1 rings (SSSR count). The maximum atomic E-state index is 2.27. The molecule has 0 saturated carbocycles. The quantitative estimate of drug-likeness (QED) is 0.370. The van der Waals surface area contributed by atoms with Crippen molar-refractivity contribution in [1.29, 1.82) is 0 Å². The Kier molecular flexibility index (Phi) is 26.4. The first-order chi connectivity index (χ1) is 5.65. The number of rotatable bonds is 0. The minimum absolute atomic E-state index is 0. The van der Waals surface area contributed by atoms with Crippen LogP contribution in [0.2, 0.25) is 0 Å². The summed E-state index contributed by atoms with van der Waals surface area (Å²) in [5.41, 5.74) is 0. The van der Waals surface area contributed by atoms with Gasteiger partial charge in [0, 0.05) is 36.5 Å². The fourth-order valence-corrected chi connectivity index (χ4v) is 0.321. The van der Waals surface area contributed by atoms with Crippen LogP contribution in [-0.2, 0) is 16.5 Å². The summed E-state index contributed by atoms with van der Waals surface area (Å²) >= 11 is 0. The van der Waals surface area contributed by atoms with Crippen molar-refractivity contribution in [2.24, 2.45) is 0 Å². The summed E-state index contributed by atoms with van der Waals surface area (Å²) in [4.78, 5) is 0. The summed E-state index contributed by atoms with van der Waals surface area (Å²) in [5.74, 6) is 0. The molecule has 1 aromatic rings. The number of hydrogen-bond donors (Lipinski definition) is 0. The Hall–Kier alpha value is 0.274. The van der Waals surface area contributed by atoms with E-state index in [2.05, 4.69) is 20.0 Å². The normalized spacial score (nSPS) is 7.23. The molecule has 0 radical (unpaired) electrons. The van der Waals surface area contributed by atoms with Crippen molar-refractivity contribution >= 4 is 7.92 Å². The zero-order chi connectivity index (χ0) is 9.82. The second-order valence-corrected chi connectivity index (χ2v) is 6.04. The summed E-state index contributed by atoms with van der Waals surface area (Å²) in [7, 11) is 0.120. The molecular weight excluding hydrogens is 222 g/mol. The SMILES string of the molecule is C[CH-]C.C[PH+](C)C.[Ni].c1cc[cH-]c1. The van der Waals surface area contributed by atoms with Gasteiger partial charge in [-0.15, -0.1) is 0 Å². The Morgan fingerprint density at radius 1 is 1.00 bits per heavy atom. The average molecular weight is 244 g/mol. The zero-order valence-electron chi connectivity index (χ0n) is 9.28. The molecule has 1 aromatic carbocycles. The van der Waals surface area contributed by atoms with Crippen LogP contribution in [0.15, 0.2) is 30.3 Å². The molecule has 0 heterocycles. The largest absolute Gasteiger partial charge is 0.335 e. The molecule has 0 amide bonds. The van der Waals surface area contributed by atoms with Crippen LogP contribution in [0, 0.1) is 6.42 Å². The van der Waals surface area contributed by atoms with Crippen LogP contribution in [0.25, 0.3) is 0 Å². The minimum Gasteiger partial charge on any atom is -0.335 e. The first-order valence-corrected chi connectivity index (χ1v) is 7.32. The van der Waals surface area contributed by atoms with E-state index in [4.69, 9.17) is 0 Å². The molecule has 0 bridgehead atoms. The van der Waals surface area contributed by atoms with Crippen molar-refractivity contribution in [2.75, 3.05) is 20.0 Å². The van der Waals surface area contributed by atoms with Crippen LogP contribution in [0.1, 0.15) is 13.8 Å².